The Kier molecular flexibility index (Phi) is 9.88. The fourth-order valence-electron chi connectivity index (χ4n) is 13.3. The number of nitrogens with zero attached hydrogens (tertiary/aromatic N) is 6. The van der Waals surface area contributed by atoms with Crippen molar-refractivity contribution in [3.8, 4) is 34.2 Å². The molecule has 0 fully saturated rings. The van der Waals surface area contributed by atoms with Gasteiger partial charge < -0.3 is 9.80 Å². The predicted molar refractivity (Wildman–Crippen MR) is 331 cm³/mol. The molecule has 10 heteroatoms. The highest BCUT2D eigenvalue weighted by atomic mass is 32.2. The van der Waals surface area contributed by atoms with E-state index in [4.69, 9.17) is 9.97 Å². The van der Waals surface area contributed by atoms with Gasteiger partial charge >= 0.3 is 0 Å². The summed E-state index contributed by atoms with van der Waals surface area (Å²) in [4.78, 5) is 21.0. The minimum Gasteiger partial charge on any atom is -0.310 e. The Bertz CT molecular complexity index is 4260. The second-order valence-electron chi connectivity index (χ2n) is 20.9. The lowest BCUT2D eigenvalue weighted by atomic mass is 9.32. The summed E-state index contributed by atoms with van der Waals surface area (Å²) in [5, 5.41) is 0. The van der Waals surface area contributed by atoms with E-state index in [-0.39, 0.29) is 13.4 Å². The van der Waals surface area contributed by atoms with Crippen molar-refractivity contribution in [1.82, 2.24) is 19.1 Å². The van der Waals surface area contributed by atoms with E-state index >= 15 is 0 Å². The fraction of sp³-hybridized carbons (Fsp3) is 0.0145. The van der Waals surface area contributed by atoms with E-state index in [0.29, 0.717) is 0 Å². The summed E-state index contributed by atoms with van der Waals surface area (Å²) in [6.45, 7) is 2.29. The molecule has 17 rings (SSSR count). The highest BCUT2D eigenvalue weighted by molar-refractivity contribution is 8.01. The molecule has 0 amide bonds. The Morgan fingerprint density at radius 1 is 0.354 bits per heavy atom. The van der Waals surface area contributed by atoms with Crippen molar-refractivity contribution in [2.75, 3.05) is 9.80 Å². The molecule has 368 valence electrons. The molecule has 0 radical (unpaired) electrons. The molecule has 79 heavy (non-hydrogen) atoms. The zero-order chi connectivity index (χ0) is 51.9. The van der Waals surface area contributed by atoms with Gasteiger partial charge in [0.05, 0.1) is 22.1 Å². The lowest BCUT2D eigenvalue weighted by molar-refractivity contribution is 1.09. The van der Waals surface area contributed by atoms with Crippen LogP contribution in [-0.2, 0) is 0 Å². The van der Waals surface area contributed by atoms with Crippen molar-refractivity contribution >= 4 is 126 Å². The van der Waals surface area contributed by atoms with E-state index in [2.05, 4.69) is 275 Å². The van der Waals surface area contributed by atoms with E-state index in [0.717, 1.165) is 79.0 Å². The Morgan fingerprint density at radius 3 is 1.08 bits per heavy atom. The third-order valence-corrected chi connectivity index (χ3v) is 19.1. The molecule has 0 aliphatic carbocycles. The van der Waals surface area contributed by atoms with Gasteiger partial charge in [-0.3, -0.25) is 9.13 Å². The van der Waals surface area contributed by atoms with Crippen LogP contribution in [0, 0.1) is 6.92 Å². The van der Waals surface area contributed by atoms with Gasteiger partial charge in [-0.05, 0) is 119 Å². The van der Waals surface area contributed by atoms with E-state index in [1.165, 1.54) is 69.3 Å². The van der Waals surface area contributed by atoms with E-state index in [1.807, 2.05) is 23.5 Å². The van der Waals surface area contributed by atoms with E-state index < -0.39 is 0 Å². The number of hydrogen-bond donors (Lipinski definition) is 0. The molecule has 2 aromatic heterocycles. The SMILES string of the molecule is Cc1c2c(cc3c1Sc1cc(N(c4ccccc4)c4ccccc4)cc4c1B3c1cccc3nc(-c5ccccc5)n-4c13)B1c3c(cc(N(c4ccccc4)c4ccccc4)cc3-n3c(-c4ccccc4)nc4cccc1c43)S2. The highest BCUT2D eigenvalue weighted by Crippen LogP contribution is 2.48. The number of aromatic nitrogens is 4. The van der Waals surface area contributed by atoms with Gasteiger partial charge in [0.2, 0.25) is 13.4 Å². The summed E-state index contributed by atoms with van der Waals surface area (Å²) in [5.74, 6) is 1.90. The van der Waals surface area contributed by atoms with Crippen LogP contribution in [-0.4, -0.2) is 32.5 Å². The molecule has 0 saturated heterocycles. The van der Waals surface area contributed by atoms with Gasteiger partial charge in [0.25, 0.3) is 0 Å². The van der Waals surface area contributed by atoms with Crippen LogP contribution in [0.1, 0.15) is 5.56 Å². The predicted octanol–water partition coefficient (Wildman–Crippen LogP) is 13.5. The second-order valence-corrected chi connectivity index (χ2v) is 23.0. The number of para-hydroxylation sites is 6. The van der Waals surface area contributed by atoms with Crippen LogP contribution >= 0.6 is 23.5 Å². The van der Waals surface area contributed by atoms with E-state index in [1.54, 1.807) is 0 Å². The summed E-state index contributed by atoms with van der Waals surface area (Å²) in [6.07, 6.45) is 0. The first kappa shape index (κ1) is 44.9. The number of rotatable bonds is 8. The molecule has 13 aromatic rings. The van der Waals surface area contributed by atoms with Crippen LogP contribution in [0.4, 0.5) is 34.1 Å². The Labute approximate surface area is 466 Å². The van der Waals surface area contributed by atoms with Gasteiger partial charge in [-0.1, -0.05) is 198 Å². The van der Waals surface area contributed by atoms with Crippen molar-refractivity contribution in [2.24, 2.45) is 0 Å². The molecule has 4 aliphatic rings. The quantitative estimate of drug-likeness (QED) is 0.141. The zero-order valence-corrected chi connectivity index (χ0v) is 44.5. The summed E-state index contributed by atoms with van der Waals surface area (Å²) < 4.78 is 4.95. The summed E-state index contributed by atoms with van der Waals surface area (Å²) >= 11 is 3.87. The molecule has 4 aliphatic heterocycles. The number of imidazole rings is 2. The minimum absolute atomic E-state index is 0.0501. The lowest BCUT2D eigenvalue weighted by Gasteiger charge is -2.39. The average Bonchev–Trinajstić information content (AvgIpc) is 3.67. The van der Waals surface area contributed by atoms with Crippen LogP contribution in [0.15, 0.2) is 268 Å². The third kappa shape index (κ3) is 6.65. The van der Waals surface area contributed by atoms with Gasteiger partial charge in [-0.2, -0.15) is 0 Å². The average molecular weight is 1040 g/mol. The minimum atomic E-state index is -0.0501. The topological polar surface area (TPSA) is 42.1 Å². The maximum atomic E-state index is 5.53. The zero-order valence-electron chi connectivity index (χ0n) is 42.8. The maximum absolute atomic E-state index is 5.53. The number of hydrogen-bond acceptors (Lipinski definition) is 6. The normalized spacial score (nSPS) is 13.0. The second kappa shape index (κ2) is 17.4. The molecular formula is C69H44B2N6S2. The maximum Gasteiger partial charge on any atom is 0.249 e. The van der Waals surface area contributed by atoms with Crippen LogP contribution < -0.4 is 42.6 Å². The first-order valence-electron chi connectivity index (χ1n) is 27.0. The first-order valence-corrected chi connectivity index (χ1v) is 28.6. The monoisotopic (exact) mass is 1040 g/mol. The van der Waals surface area contributed by atoms with Crippen molar-refractivity contribution in [1.29, 1.82) is 0 Å². The molecule has 0 unspecified atom stereocenters. The molecule has 6 heterocycles. The molecular weight excluding hydrogens is 999 g/mol. The number of fused-ring (bicyclic) bond motifs is 8. The first-order chi connectivity index (χ1) is 39.1. The van der Waals surface area contributed by atoms with Gasteiger partial charge in [0.1, 0.15) is 11.6 Å². The van der Waals surface area contributed by atoms with Gasteiger partial charge in [-0.15, -0.1) is 0 Å². The lowest BCUT2D eigenvalue weighted by Crippen LogP contribution is -2.63. The van der Waals surface area contributed by atoms with Crippen LogP contribution in [0.5, 0.6) is 0 Å². The Balaban J connectivity index is 0.939. The Hall–Kier alpha value is -9.21. The van der Waals surface area contributed by atoms with Gasteiger partial charge in [-0.25, -0.2) is 9.97 Å². The molecule has 0 bridgehead atoms. The van der Waals surface area contributed by atoms with Gasteiger partial charge in [0, 0.05) is 76.2 Å². The number of anilines is 6. The molecule has 0 saturated carbocycles. The third-order valence-electron chi connectivity index (χ3n) is 16.5. The van der Waals surface area contributed by atoms with Crippen molar-refractivity contribution in [3.05, 3.63) is 254 Å². The molecule has 6 nitrogen and oxygen atoms in total. The summed E-state index contributed by atoms with van der Waals surface area (Å²) in [7, 11) is 0. The molecule has 0 atom stereocenters. The highest BCUT2D eigenvalue weighted by Gasteiger charge is 2.46. The number of benzene rings is 11. The summed E-state index contributed by atoms with van der Waals surface area (Å²) in [5.41, 5.74) is 24.7. The standard InChI is InChI=1S/C69H44B2N6S2/c1-43-66-54(70-52-34-20-36-56-64(52)76(68(72-56)44-22-8-2-9-23-44)58-38-50(40-60(78-66)62(58)70)74(46-26-12-4-13-27-46)47-28-14-5-15-29-47)42-55-67(43)79-61-41-51(75(48-30-16-6-17-31-48)49-32-18-7-19-33-49)39-59-63(61)71(55)53-35-21-37-57-65(53)77(59)69(73-57)45-24-10-3-11-25-45/h2-42H,1H3. The molecule has 11 aromatic carbocycles. The largest absolute Gasteiger partial charge is 0.310 e. The van der Waals surface area contributed by atoms with Crippen molar-refractivity contribution in [2.45, 2.75) is 26.5 Å². The van der Waals surface area contributed by atoms with Crippen molar-refractivity contribution < 1.29 is 0 Å². The van der Waals surface area contributed by atoms with E-state index in [9.17, 15) is 0 Å². The van der Waals surface area contributed by atoms with Crippen LogP contribution in [0.25, 0.3) is 56.2 Å². The van der Waals surface area contributed by atoms with Crippen LogP contribution in [0.2, 0.25) is 0 Å². The Morgan fingerprint density at radius 2 is 0.709 bits per heavy atom. The van der Waals surface area contributed by atoms with Crippen LogP contribution in [0.3, 0.4) is 0 Å². The molecule has 0 spiro atoms. The van der Waals surface area contributed by atoms with Gasteiger partial charge in [0.15, 0.2) is 0 Å². The smallest absolute Gasteiger partial charge is 0.249 e. The summed E-state index contributed by atoms with van der Waals surface area (Å²) in [6, 6.07) is 90.6. The fourth-order valence-corrected chi connectivity index (χ4v) is 15.9. The van der Waals surface area contributed by atoms with Crippen molar-refractivity contribution in [3.63, 3.8) is 0 Å². The molecule has 0 N–H and O–H groups in total.